The standard InChI is InChI=1S/C25H27N3O6S2/c1-28(2)18-6-5-15-9-17(4-3-16(15)10-18)23-8-7-19(35-23)11-20(12-26)36(32,33)27-13-22-25(31)24(30)21(29)14-34-22/h3-11,21-22,24-25,27,29-31H,13-14H2,1-2H3/b20-11+/t21-,22+,24+,25+/m0/s1. The second-order valence-electron chi connectivity index (χ2n) is 8.74. The number of thiophene rings is 1. The normalized spacial score (nSPS) is 22.9. The third-order valence-electron chi connectivity index (χ3n) is 6.01. The van der Waals surface area contributed by atoms with E-state index in [2.05, 4.69) is 22.9 Å². The molecule has 0 saturated carbocycles. The first kappa shape index (κ1) is 26.2. The Morgan fingerprint density at radius 2 is 1.86 bits per heavy atom. The summed E-state index contributed by atoms with van der Waals surface area (Å²) in [5.74, 6) is 0. The van der Waals surface area contributed by atoms with Crippen LogP contribution in [-0.4, -0.2) is 75.4 Å². The molecule has 1 aliphatic heterocycles. The smallest absolute Gasteiger partial charge is 0.250 e. The first-order valence-corrected chi connectivity index (χ1v) is 13.5. The number of sulfonamides is 1. The second-order valence-corrected chi connectivity index (χ2v) is 11.6. The van der Waals surface area contributed by atoms with Gasteiger partial charge in [0.15, 0.2) is 4.91 Å². The number of anilines is 1. The van der Waals surface area contributed by atoms with Crippen LogP contribution in [0.2, 0.25) is 0 Å². The largest absolute Gasteiger partial charge is 0.388 e. The van der Waals surface area contributed by atoms with Gasteiger partial charge in [-0.1, -0.05) is 18.2 Å². The second kappa shape index (κ2) is 10.7. The monoisotopic (exact) mass is 529 g/mol. The third kappa shape index (κ3) is 5.61. The Morgan fingerprint density at radius 1 is 1.14 bits per heavy atom. The summed E-state index contributed by atoms with van der Waals surface area (Å²) in [5, 5.41) is 41.0. The van der Waals surface area contributed by atoms with Crippen molar-refractivity contribution in [3.8, 4) is 16.5 Å². The van der Waals surface area contributed by atoms with Gasteiger partial charge in [-0.2, -0.15) is 5.26 Å². The van der Waals surface area contributed by atoms with Crippen LogP contribution >= 0.6 is 11.3 Å². The summed E-state index contributed by atoms with van der Waals surface area (Å²) in [6.45, 7) is -0.607. The Bertz CT molecular complexity index is 1430. The Balaban J connectivity index is 1.50. The minimum atomic E-state index is -4.20. The molecule has 4 rings (SSSR count). The molecule has 190 valence electrons. The van der Waals surface area contributed by atoms with Gasteiger partial charge in [-0.3, -0.25) is 0 Å². The number of rotatable bonds is 7. The Morgan fingerprint density at radius 3 is 2.58 bits per heavy atom. The molecule has 0 amide bonds. The highest BCUT2D eigenvalue weighted by atomic mass is 32.2. The van der Waals surface area contributed by atoms with Gasteiger partial charge >= 0.3 is 0 Å². The molecule has 0 spiro atoms. The van der Waals surface area contributed by atoms with Crippen LogP contribution < -0.4 is 9.62 Å². The van der Waals surface area contributed by atoms with E-state index in [1.54, 1.807) is 12.1 Å². The number of aliphatic hydroxyl groups excluding tert-OH is 3. The van der Waals surface area contributed by atoms with Crippen molar-refractivity contribution in [2.45, 2.75) is 24.4 Å². The number of aliphatic hydroxyl groups is 3. The topological polar surface area (TPSA) is 143 Å². The quantitative estimate of drug-likeness (QED) is 0.340. The maximum Gasteiger partial charge on any atom is 0.250 e. The molecule has 4 atom stereocenters. The zero-order chi connectivity index (χ0) is 26.0. The van der Waals surface area contributed by atoms with E-state index in [0.29, 0.717) is 4.88 Å². The predicted octanol–water partition coefficient (Wildman–Crippen LogP) is 1.90. The summed E-state index contributed by atoms with van der Waals surface area (Å²) in [6, 6.07) is 17.7. The number of allylic oxidation sites excluding steroid dienone is 1. The molecule has 2 heterocycles. The zero-order valence-corrected chi connectivity index (χ0v) is 21.3. The van der Waals surface area contributed by atoms with E-state index in [1.165, 1.54) is 17.4 Å². The highest BCUT2D eigenvalue weighted by Crippen LogP contribution is 2.32. The molecule has 1 aliphatic rings. The average Bonchev–Trinajstić information content (AvgIpc) is 3.33. The summed E-state index contributed by atoms with van der Waals surface area (Å²) < 4.78 is 32.9. The van der Waals surface area contributed by atoms with Crippen LogP contribution in [0.15, 0.2) is 53.4 Å². The number of ether oxygens (including phenoxy) is 1. The van der Waals surface area contributed by atoms with E-state index in [1.807, 2.05) is 43.3 Å². The molecular formula is C25H27N3O6S2. The van der Waals surface area contributed by atoms with E-state index in [0.717, 1.165) is 26.9 Å². The number of fused-ring (bicyclic) bond motifs is 1. The van der Waals surface area contributed by atoms with Gasteiger partial charge < -0.3 is 25.0 Å². The van der Waals surface area contributed by atoms with Crippen molar-refractivity contribution < 1.29 is 28.5 Å². The van der Waals surface area contributed by atoms with Crippen molar-refractivity contribution in [1.29, 1.82) is 5.26 Å². The van der Waals surface area contributed by atoms with Crippen LogP contribution in [0, 0.1) is 11.3 Å². The zero-order valence-electron chi connectivity index (χ0n) is 19.7. The Labute approximate surface area is 213 Å². The maximum absolute atomic E-state index is 12.7. The molecule has 1 fully saturated rings. The van der Waals surface area contributed by atoms with E-state index in [4.69, 9.17) is 4.74 Å². The lowest BCUT2D eigenvalue weighted by Crippen LogP contribution is -2.56. The molecule has 2 aromatic carbocycles. The molecule has 0 unspecified atom stereocenters. The maximum atomic E-state index is 12.7. The van der Waals surface area contributed by atoms with Crippen molar-refractivity contribution in [3.05, 3.63) is 58.3 Å². The van der Waals surface area contributed by atoms with Gasteiger partial charge in [0.05, 0.1) is 12.7 Å². The molecule has 4 N–H and O–H groups in total. The minimum Gasteiger partial charge on any atom is -0.388 e. The molecule has 1 saturated heterocycles. The van der Waals surface area contributed by atoms with Gasteiger partial charge in [-0.05, 0) is 52.7 Å². The first-order valence-electron chi connectivity index (χ1n) is 11.2. The highest BCUT2D eigenvalue weighted by molar-refractivity contribution is 7.93. The van der Waals surface area contributed by atoms with E-state index in [9.17, 15) is 29.0 Å². The summed E-state index contributed by atoms with van der Waals surface area (Å²) >= 11 is 1.36. The Kier molecular flexibility index (Phi) is 7.77. The van der Waals surface area contributed by atoms with Crippen molar-refractivity contribution in [2.24, 2.45) is 0 Å². The van der Waals surface area contributed by atoms with Crippen molar-refractivity contribution in [2.75, 3.05) is 32.1 Å². The molecule has 36 heavy (non-hydrogen) atoms. The molecule has 1 aromatic heterocycles. The molecule has 0 bridgehead atoms. The number of hydrogen-bond acceptors (Lipinski definition) is 9. The fourth-order valence-electron chi connectivity index (χ4n) is 3.87. The number of nitrogens with one attached hydrogen (secondary N) is 1. The average molecular weight is 530 g/mol. The SMILES string of the molecule is CN(C)c1ccc2cc(-c3ccc(/C=C(\C#N)S(=O)(=O)NC[C@H]4OC[C@H](O)[C@@H](O)[C@@H]4O)s3)ccc2c1. The summed E-state index contributed by atoms with van der Waals surface area (Å²) in [5.41, 5.74) is 2.09. The van der Waals surface area contributed by atoms with Crippen LogP contribution in [-0.2, 0) is 14.8 Å². The summed E-state index contributed by atoms with van der Waals surface area (Å²) in [7, 11) is -0.222. The van der Waals surface area contributed by atoms with Gasteiger partial charge in [-0.25, -0.2) is 13.1 Å². The summed E-state index contributed by atoms with van der Waals surface area (Å²) in [4.78, 5) is 3.06. The lowest BCUT2D eigenvalue weighted by atomic mass is 10.0. The van der Waals surface area contributed by atoms with Crippen LogP contribution in [0.5, 0.6) is 0 Å². The summed E-state index contributed by atoms with van der Waals surface area (Å²) in [6.07, 6.45) is -3.95. The predicted molar refractivity (Wildman–Crippen MR) is 140 cm³/mol. The van der Waals surface area contributed by atoms with Crippen LogP contribution in [0.25, 0.3) is 27.3 Å². The molecular weight excluding hydrogens is 502 g/mol. The van der Waals surface area contributed by atoms with Crippen molar-refractivity contribution in [1.82, 2.24) is 4.72 Å². The minimum absolute atomic E-state index is 0.241. The highest BCUT2D eigenvalue weighted by Gasteiger charge is 2.38. The number of nitrogens with zero attached hydrogens (tertiary/aromatic N) is 2. The van der Waals surface area contributed by atoms with Gasteiger partial charge in [0.25, 0.3) is 10.0 Å². The fourth-order valence-corrected chi connectivity index (χ4v) is 5.83. The lowest BCUT2D eigenvalue weighted by Gasteiger charge is -2.35. The third-order valence-corrected chi connectivity index (χ3v) is 8.42. The molecule has 9 nitrogen and oxygen atoms in total. The first-order chi connectivity index (χ1) is 17.1. The van der Waals surface area contributed by atoms with E-state index in [-0.39, 0.29) is 13.2 Å². The van der Waals surface area contributed by atoms with Crippen molar-refractivity contribution >= 4 is 43.9 Å². The lowest BCUT2D eigenvalue weighted by molar-refractivity contribution is -0.184. The van der Waals surface area contributed by atoms with Gasteiger partial charge in [-0.15, -0.1) is 11.3 Å². The van der Waals surface area contributed by atoms with Crippen LogP contribution in [0.1, 0.15) is 4.88 Å². The van der Waals surface area contributed by atoms with Crippen LogP contribution in [0.3, 0.4) is 0 Å². The molecule has 3 aromatic rings. The Hall–Kier alpha value is -2.82. The molecule has 0 aliphatic carbocycles. The van der Waals surface area contributed by atoms with E-state index < -0.39 is 39.3 Å². The van der Waals surface area contributed by atoms with Gasteiger partial charge in [0.1, 0.15) is 24.4 Å². The fraction of sp³-hybridized carbons (Fsp3) is 0.320. The number of nitriles is 1. The number of hydrogen-bond donors (Lipinski definition) is 4. The molecule has 11 heteroatoms. The number of benzene rings is 2. The van der Waals surface area contributed by atoms with Crippen LogP contribution in [0.4, 0.5) is 5.69 Å². The van der Waals surface area contributed by atoms with Gasteiger partial charge in [0, 0.05) is 36.1 Å². The van der Waals surface area contributed by atoms with Gasteiger partial charge in [0.2, 0.25) is 0 Å². The molecule has 0 radical (unpaired) electrons. The van der Waals surface area contributed by atoms with Crippen molar-refractivity contribution in [3.63, 3.8) is 0 Å². The van der Waals surface area contributed by atoms with E-state index >= 15 is 0 Å².